The van der Waals surface area contributed by atoms with Crippen molar-refractivity contribution < 1.29 is 19.0 Å². The molecule has 25 heavy (non-hydrogen) atoms. The van der Waals surface area contributed by atoms with Crippen LogP contribution < -0.4 is 25.1 Å². The van der Waals surface area contributed by atoms with Crippen LogP contribution in [0.1, 0.15) is 26.7 Å². The Morgan fingerprint density at radius 3 is 2.36 bits per heavy atom. The molecule has 8 nitrogen and oxygen atoms in total. The van der Waals surface area contributed by atoms with E-state index in [2.05, 4.69) is 10.4 Å². The van der Waals surface area contributed by atoms with Crippen LogP contribution in [0.5, 0.6) is 17.4 Å². The summed E-state index contributed by atoms with van der Waals surface area (Å²) in [4.78, 5) is 24.5. The zero-order valence-electron chi connectivity index (χ0n) is 14.9. The average Bonchev–Trinajstić information content (AvgIpc) is 2.63. The minimum Gasteiger partial charge on any atom is -0.493 e. The van der Waals surface area contributed by atoms with Crippen molar-refractivity contribution in [2.75, 3.05) is 20.8 Å². The summed E-state index contributed by atoms with van der Waals surface area (Å²) in [6.45, 7) is 4.67. The lowest BCUT2D eigenvalue weighted by molar-refractivity contribution is 0.198. The van der Waals surface area contributed by atoms with Gasteiger partial charge in [0.1, 0.15) is 0 Å². The molecule has 0 saturated carbocycles. The van der Waals surface area contributed by atoms with Crippen LogP contribution in [-0.2, 0) is 6.54 Å². The molecule has 0 aliphatic heterocycles. The van der Waals surface area contributed by atoms with Gasteiger partial charge in [-0.1, -0.05) is 13.3 Å². The first-order chi connectivity index (χ1) is 12.0. The normalized spacial score (nSPS) is 10.6. The van der Waals surface area contributed by atoms with Gasteiger partial charge in [0, 0.05) is 13.1 Å². The fourth-order valence-electron chi connectivity index (χ4n) is 2.36. The standard InChI is InChI=1S/C17H23N3O5/c1-5-7-8-18-17(22)25-15-11-9-13(23-3)14(24-4)10-12(11)16(21)20(6-2)19-15/h9-10H,5-8H2,1-4H3,(H,18,22). The highest BCUT2D eigenvalue weighted by molar-refractivity contribution is 5.90. The molecule has 2 aromatic rings. The van der Waals surface area contributed by atoms with Crippen molar-refractivity contribution >= 4 is 16.9 Å². The van der Waals surface area contributed by atoms with Crippen LogP contribution >= 0.6 is 0 Å². The van der Waals surface area contributed by atoms with Crippen molar-refractivity contribution in [3.05, 3.63) is 22.5 Å². The summed E-state index contributed by atoms with van der Waals surface area (Å²) < 4.78 is 17.1. The smallest absolute Gasteiger partial charge is 0.414 e. The fraction of sp³-hybridized carbons (Fsp3) is 0.471. The number of amides is 1. The molecule has 2 rings (SSSR count). The van der Waals surface area contributed by atoms with E-state index < -0.39 is 6.09 Å². The van der Waals surface area contributed by atoms with Crippen molar-refractivity contribution in [2.24, 2.45) is 0 Å². The van der Waals surface area contributed by atoms with Gasteiger partial charge in [0.05, 0.1) is 25.0 Å². The Morgan fingerprint density at radius 1 is 1.16 bits per heavy atom. The number of nitrogens with zero attached hydrogens (tertiary/aromatic N) is 2. The molecule has 0 fully saturated rings. The molecule has 0 saturated heterocycles. The summed E-state index contributed by atoms with van der Waals surface area (Å²) in [5.41, 5.74) is -0.294. The van der Waals surface area contributed by atoms with Gasteiger partial charge in [-0.3, -0.25) is 4.79 Å². The van der Waals surface area contributed by atoms with E-state index in [1.54, 1.807) is 19.1 Å². The number of carbonyl (C=O) groups excluding carboxylic acids is 1. The quantitative estimate of drug-likeness (QED) is 0.771. The summed E-state index contributed by atoms with van der Waals surface area (Å²) >= 11 is 0. The first-order valence-electron chi connectivity index (χ1n) is 8.18. The highest BCUT2D eigenvalue weighted by Crippen LogP contribution is 2.33. The molecule has 0 aliphatic carbocycles. The molecular formula is C17H23N3O5. The van der Waals surface area contributed by atoms with Crippen LogP contribution in [0.2, 0.25) is 0 Å². The molecule has 1 heterocycles. The van der Waals surface area contributed by atoms with E-state index in [9.17, 15) is 9.59 Å². The van der Waals surface area contributed by atoms with Crippen LogP contribution in [-0.4, -0.2) is 36.6 Å². The molecule has 1 N–H and O–H groups in total. The van der Waals surface area contributed by atoms with Gasteiger partial charge < -0.3 is 19.5 Å². The number of aromatic nitrogens is 2. The van der Waals surface area contributed by atoms with E-state index in [-0.39, 0.29) is 11.4 Å². The van der Waals surface area contributed by atoms with E-state index in [1.165, 1.54) is 18.9 Å². The highest BCUT2D eigenvalue weighted by atomic mass is 16.6. The number of nitrogens with one attached hydrogen (secondary N) is 1. The third kappa shape index (κ3) is 4.01. The van der Waals surface area contributed by atoms with Gasteiger partial charge in [-0.05, 0) is 25.5 Å². The summed E-state index contributed by atoms with van der Waals surface area (Å²) in [5.74, 6) is 0.882. The minimum absolute atomic E-state index is 0.0476. The number of hydrogen-bond acceptors (Lipinski definition) is 6. The van der Waals surface area contributed by atoms with Crippen LogP contribution in [0, 0.1) is 0 Å². The first-order valence-corrected chi connectivity index (χ1v) is 8.18. The average molecular weight is 349 g/mol. The molecule has 8 heteroatoms. The van der Waals surface area contributed by atoms with Crippen LogP contribution in [0.3, 0.4) is 0 Å². The molecule has 1 amide bonds. The second kappa shape index (κ2) is 8.36. The van der Waals surface area contributed by atoms with Crippen LogP contribution in [0.25, 0.3) is 10.8 Å². The van der Waals surface area contributed by atoms with Crippen molar-refractivity contribution in [1.29, 1.82) is 0 Å². The zero-order chi connectivity index (χ0) is 18.4. The largest absolute Gasteiger partial charge is 0.493 e. The van der Waals surface area contributed by atoms with Gasteiger partial charge in [0.15, 0.2) is 11.5 Å². The van der Waals surface area contributed by atoms with Gasteiger partial charge in [-0.15, -0.1) is 5.10 Å². The molecule has 136 valence electrons. The molecule has 0 spiro atoms. The van der Waals surface area contributed by atoms with E-state index >= 15 is 0 Å². The molecule has 0 bridgehead atoms. The van der Waals surface area contributed by atoms with Gasteiger partial charge in [0.25, 0.3) is 5.56 Å². The maximum atomic E-state index is 12.5. The van der Waals surface area contributed by atoms with E-state index in [1.807, 2.05) is 6.92 Å². The van der Waals surface area contributed by atoms with E-state index in [0.717, 1.165) is 12.8 Å². The third-order valence-electron chi connectivity index (χ3n) is 3.72. The van der Waals surface area contributed by atoms with Crippen molar-refractivity contribution in [3.8, 4) is 17.4 Å². The predicted molar refractivity (Wildman–Crippen MR) is 93.7 cm³/mol. The Hall–Kier alpha value is -2.77. The van der Waals surface area contributed by atoms with Gasteiger partial charge in [0.2, 0.25) is 5.88 Å². The van der Waals surface area contributed by atoms with Crippen LogP contribution in [0.4, 0.5) is 4.79 Å². The molecule has 0 radical (unpaired) electrons. The molecule has 1 aromatic heterocycles. The highest BCUT2D eigenvalue weighted by Gasteiger charge is 2.18. The Labute approximate surface area is 145 Å². The SMILES string of the molecule is CCCCNC(=O)Oc1nn(CC)c(=O)c2cc(OC)c(OC)cc12. The number of hydrogen-bond donors (Lipinski definition) is 1. The second-order valence-corrected chi connectivity index (χ2v) is 5.35. The van der Waals surface area contributed by atoms with Crippen molar-refractivity contribution in [3.63, 3.8) is 0 Å². The molecule has 0 unspecified atom stereocenters. The second-order valence-electron chi connectivity index (χ2n) is 5.35. The summed E-state index contributed by atoms with van der Waals surface area (Å²) in [5, 5.41) is 7.52. The van der Waals surface area contributed by atoms with Crippen molar-refractivity contribution in [1.82, 2.24) is 15.1 Å². The van der Waals surface area contributed by atoms with Crippen molar-refractivity contribution in [2.45, 2.75) is 33.2 Å². The third-order valence-corrected chi connectivity index (χ3v) is 3.72. The molecular weight excluding hydrogens is 326 g/mol. The number of benzene rings is 1. The minimum atomic E-state index is -0.613. The predicted octanol–water partition coefficient (Wildman–Crippen LogP) is 2.32. The number of fused-ring (bicyclic) bond motifs is 1. The van der Waals surface area contributed by atoms with Gasteiger partial charge in [-0.2, -0.15) is 0 Å². The number of unbranched alkanes of at least 4 members (excludes halogenated alkanes) is 1. The zero-order valence-corrected chi connectivity index (χ0v) is 14.9. The topological polar surface area (TPSA) is 91.7 Å². The summed E-state index contributed by atoms with van der Waals surface area (Å²) in [7, 11) is 2.98. The summed E-state index contributed by atoms with van der Waals surface area (Å²) in [6.07, 6.45) is 1.19. The Kier molecular flexibility index (Phi) is 6.21. The maximum Gasteiger partial charge on any atom is 0.414 e. The summed E-state index contributed by atoms with van der Waals surface area (Å²) in [6, 6.07) is 3.14. The Bertz CT molecular complexity index is 816. The number of aryl methyl sites for hydroxylation is 1. The first kappa shape index (κ1) is 18.6. The number of methoxy groups -OCH3 is 2. The Balaban J connectivity index is 2.52. The van der Waals surface area contributed by atoms with E-state index in [0.29, 0.717) is 35.4 Å². The number of carbonyl (C=O) groups is 1. The molecule has 1 aromatic carbocycles. The lowest BCUT2D eigenvalue weighted by Gasteiger charge is -2.13. The number of ether oxygens (including phenoxy) is 3. The molecule has 0 aliphatic rings. The Morgan fingerprint density at radius 2 is 1.80 bits per heavy atom. The maximum absolute atomic E-state index is 12.5. The van der Waals surface area contributed by atoms with Gasteiger partial charge in [-0.25, -0.2) is 9.48 Å². The lowest BCUT2D eigenvalue weighted by atomic mass is 10.1. The van der Waals surface area contributed by atoms with Crippen LogP contribution in [0.15, 0.2) is 16.9 Å². The fourth-order valence-corrected chi connectivity index (χ4v) is 2.36. The number of rotatable bonds is 7. The van der Waals surface area contributed by atoms with E-state index in [4.69, 9.17) is 14.2 Å². The van der Waals surface area contributed by atoms with Gasteiger partial charge >= 0.3 is 6.09 Å². The lowest BCUT2D eigenvalue weighted by Crippen LogP contribution is -2.30. The monoisotopic (exact) mass is 349 g/mol. The molecule has 0 atom stereocenters.